The molecule has 1 aromatic carbocycles. The van der Waals surface area contributed by atoms with Crippen LogP contribution >= 0.6 is 0 Å². The predicted molar refractivity (Wildman–Crippen MR) is 102 cm³/mol. The number of nitrogens with one attached hydrogen (secondary N) is 1. The van der Waals surface area contributed by atoms with Crippen molar-refractivity contribution in [3.8, 4) is 11.1 Å². The summed E-state index contributed by atoms with van der Waals surface area (Å²) in [5, 5.41) is 18.8. The van der Waals surface area contributed by atoms with E-state index in [9.17, 15) is 9.50 Å². The molecule has 2 aliphatic rings. The van der Waals surface area contributed by atoms with Crippen molar-refractivity contribution in [1.82, 2.24) is 20.1 Å². The third kappa shape index (κ3) is 3.44. The molecule has 0 spiro atoms. The number of aromatic nitrogens is 3. The molecule has 0 saturated carbocycles. The second-order valence-electron chi connectivity index (χ2n) is 7.31. The first-order valence-electron chi connectivity index (χ1n) is 9.57. The summed E-state index contributed by atoms with van der Waals surface area (Å²) in [5.74, 6) is -0.386. The minimum atomic E-state index is -0.810. The summed E-state index contributed by atoms with van der Waals surface area (Å²) in [7, 11) is 0. The van der Waals surface area contributed by atoms with Crippen LogP contribution in [-0.2, 0) is 16.0 Å². The monoisotopic (exact) mass is 396 g/mol. The van der Waals surface area contributed by atoms with Crippen LogP contribution in [0.3, 0.4) is 0 Å². The van der Waals surface area contributed by atoms with E-state index in [1.54, 1.807) is 23.1 Å². The largest absolute Gasteiger partial charge is 0.389 e. The topological polar surface area (TPSA) is 81.4 Å². The normalized spacial score (nSPS) is 28.6. The molecule has 29 heavy (non-hydrogen) atoms. The van der Waals surface area contributed by atoms with Crippen LogP contribution in [0.4, 0.5) is 4.39 Å². The first-order valence-corrected chi connectivity index (χ1v) is 9.57. The lowest BCUT2D eigenvalue weighted by atomic mass is 9.96. The van der Waals surface area contributed by atoms with Crippen LogP contribution in [0.5, 0.6) is 0 Å². The average molecular weight is 396 g/mol. The summed E-state index contributed by atoms with van der Waals surface area (Å²) in [4.78, 5) is 3.76. The molecule has 2 N–H and O–H groups in total. The highest BCUT2D eigenvalue weighted by Crippen LogP contribution is 2.36. The van der Waals surface area contributed by atoms with E-state index in [2.05, 4.69) is 15.4 Å². The van der Waals surface area contributed by atoms with Gasteiger partial charge in [0.25, 0.3) is 0 Å². The van der Waals surface area contributed by atoms with Crippen molar-refractivity contribution in [2.75, 3.05) is 6.61 Å². The molecule has 3 aromatic rings. The van der Waals surface area contributed by atoms with Gasteiger partial charge in [0.1, 0.15) is 18.0 Å². The maximum absolute atomic E-state index is 13.9. The molecule has 0 amide bonds. The first-order chi connectivity index (χ1) is 14.2. The van der Waals surface area contributed by atoms with Crippen LogP contribution in [0.2, 0.25) is 0 Å². The Morgan fingerprint density at radius 2 is 2.03 bits per heavy atom. The number of aliphatic hydroxyl groups excluding tert-OH is 1. The lowest BCUT2D eigenvalue weighted by molar-refractivity contribution is -0.168. The van der Waals surface area contributed by atoms with Gasteiger partial charge in [-0.05, 0) is 11.6 Å². The summed E-state index contributed by atoms with van der Waals surface area (Å²) in [6.07, 6.45) is 4.67. The second-order valence-corrected chi connectivity index (χ2v) is 7.31. The molecule has 4 heterocycles. The number of nitrogens with zero attached hydrogens (tertiary/aromatic N) is 3. The molecule has 0 unspecified atom stereocenters. The number of ether oxygens (including phenoxy) is 2. The molecule has 8 heteroatoms. The van der Waals surface area contributed by atoms with Gasteiger partial charge >= 0.3 is 0 Å². The van der Waals surface area contributed by atoms with Crippen LogP contribution in [0.25, 0.3) is 11.1 Å². The fraction of sp³-hybridized carbons (Fsp3) is 0.333. The molecule has 7 nitrogen and oxygen atoms in total. The van der Waals surface area contributed by atoms with Crippen molar-refractivity contribution in [3.63, 3.8) is 0 Å². The maximum Gasteiger partial charge on any atom is 0.183 e. The molecular weight excluding hydrogens is 375 g/mol. The van der Waals surface area contributed by atoms with Crippen molar-refractivity contribution in [3.05, 3.63) is 72.6 Å². The smallest absolute Gasteiger partial charge is 0.183 e. The van der Waals surface area contributed by atoms with E-state index < -0.39 is 24.5 Å². The van der Waals surface area contributed by atoms with Crippen LogP contribution in [0.1, 0.15) is 11.6 Å². The van der Waals surface area contributed by atoms with Crippen LogP contribution in [-0.4, -0.2) is 51.0 Å². The fourth-order valence-corrected chi connectivity index (χ4v) is 3.99. The lowest BCUT2D eigenvalue weighted by Gasteiger charge is -2.38. The van der Waals surface area contributed by atoms with Crippen molar-refractivity contribution >= 4 is 0 Å². The van der Waals surface area contributed by atoms with Gasteiger partial charge in [-0.3, -0.25) is 9.67 Å². The van der Waals surface area contributed by atoms with E-state index in [0.717, 1.165) is 11.1 Å². The van der Waals surface area contributed by atoms with E-state index in [-0.39, 0.29) is 18.5 Å². The van der Waals surface area contributed by atoms with Gasteiger partial charge in [0, 0.05) is 30.1 Å². The van der Waals surface area contributed by atoms with Gasteiger partial charge < -0.3 is 19.9 Å². The van der Waals surface area contributed by atoms with Crippen molar-refractivity contribution in [2.45, 2.75) is 37.1 Å². The Hall–Kier alpha value is -2.65. The Morgan fingerprint density at radius 1 is 1.17 bits per heavy atom. The summed E-state index contributed by atoms with van der Waals surface area (Å²) in [6.45, 7) is 0.614. The number of benzene rings is 1. The first kappa shape index (κ1) is 18.4. The lowest BCUT2D eigenvalue weighted by Crippen LogP contribution is -2.57. The van der Waals surface area contributed by atoms with Crippen molar-refractivity contribution in [2.24, 2.45) is 0 Å². The van der Waals surface area contributed by atoms with E-state index >= 15 is 0 Å². The SMILES string of the molecule is O[C@H]1[C@H](NCc2ccncc2F)[C@H]2CO[C@H](O2)[C@@H]1n1cc(-c2ccccc2)cn1. The third-order valence-electron chi connectivity index (χ3n) is 5.53. The summed E-state index contributed by atoms with van der Waals surface area (Å²) in [5.41, 5.74) is 2.47. The number of hydrogen-bond acceptors (Lipinski definition) is 6. The Bertz CT molecular complexity index is 983. The van der Waals surface area contributed by atoms with Gasteiger partial charge in [-0.2, -0.15) is 5.10 Å². The minimum absolute atomic E-state index is 0.252. The number of fused-ring (bicyclic) bond motifs is 2. The van der Waals surface area contributed by atoms with Crippen LogP contribution in [0, 0.1) is 5.82 Å². The average Bonchev–Trinajstić information content (AvgIpc) is 3.39. The molecule has 2 bridgehead atoms. The number of aliphatic hydroxyl groups is 1. The molecule has 2 aromatic heterocycles. The maximum atomic E-state index is 13.9. The highest BCUT2D eigenvalue weighted by atomic mass is 19.1. The van der Waals surface area contributed by atoms with E-state index in [0.29, 0.717) is 12.2 Å². The molecule has 5 atom stereocenters. The number of pyridine rings is 1. The summed E-state index contributed by atoms with van der Waals surface area (Å²) >= 11 is 0. The van der Waals surface area contributed by atoms with Gasteiger partial charge in [-0.25, -0.2) is 4.39 Å². The highest BCUT2D eigenvalue weighted by Gasteiger charge is 2.51. The van der Waals surface area contributed by atoms with E-state index in [1.807, 2.05) is 36.5 Å². The molecular formula is C21H21FN4O3. The summed E-state index contributed by atoms with van der Waals surface area (Å²) < 4.78 is 27.3. The van der Waals surface area contributed by atoms with E-state index in [4.69, 9.17) is 9.47 Å². The molecule has 5 rings (SSSR count). The molecule has 150 valence electrons. The predicted octanol–water partition coefficient (Wildman–Crippen LogP) is 1.90. The minimum Gasteiger partial charge on any atom is -0.389 e. The number of rotatable bonds is 5. The Kier molecular flexibility index (Phi) is 4.84. The Morgan fingerprint density at radius 3 is 2.86 bits per heavy atom. The highest BCUT2D eigenvalue weighted by molar-refractivity contribution is 5.61. The zero-order valence-electron chi connectivity index (χ0n) is 15.6. The van der Waals surface area contributed by atoms with Gasteiger partial charge in [0.2, 0.25) is 0 Å². The van der Waals surface area contributed by atoms with E-state index in [1.165, 1.54) is 6.20 Å². The van der Waals surface area contributed by atoms with Gasteiger partial charge in [0.05, 0.1) is 31.1 Å². The fourth-order valence-electron chi connectivity index (χ4n) is 3.99. The van der Waals surface area contributed by atoms with Gasteiger partial charge in [0.15, 0.2) is 6.29 Å². The number of halogens is 1. The van der Waals surface area contributed by atoms with Crippen molar-refractivity contribution in [1.29, 1.82) is 0 Å². The van der Waals surface area contributed by atoms with Gasteiger partial charge in [-0.1, -0.05) is 30.3 Å². The second kappa shape index (κ2) is 7.64. The van der Waals surface area contributed by atoms with Crippen LogP contribution < -0.4 is 5.32 Å². The molecule has 0 radical (unpaired) electrons. The van der Waals surface area contributed by atoms with Crippen LogP contribution in [0.15, 0.2) is 61.2 Å². The quantitative estimate of drug-likeness (QED) is 0.686. The molecule has 2 aliphatic heterocycles. The zero-order valence-corrected chi connectivity index (χ0v) is 15.6. The third-order valence-corrected chi connectivity index (χ3v) is 5.53. The van der Waals surface area contributed by atoms with Crippen molar-refractivity contribution < 1.29 is 19.0 Å². The summed E-state index contributed by atoms with van der Waals surface area (Å²) in [6, 6.07) is 10.6. The molecule has 0 aliphatic carbocycles. The number of hydrogen-bond donors (Lipinski definition) is 2. The molecule has 2 fully saturated rings. The van der Waals surface area contributed by atoms with Gasteiger partial charge in [-0.15, -0.1) is 0 Å². The standard InChI is InChI=1S/C21H21FN4O3/c22-16-10-23-7-6-14(16)8-24-18-17-12-28-21(29-17)19(20(18)27)26-11-15(9-25-26)13-4-2-1-3-5-13/h1-7,9-11,17-21,24,27H,8,12H2/t17-,18-,19-,20+,21-/m1/s1. The Balaban J connectivity index is 1.37. The zero-order chi connectivity index (χ0) is 19.8. The Labute approximate surface area is 167 Å². The molecule has 2 saturated heterocycles.